The molecule has 2 N–H and O–H groups in total. The van der Waals surface area contributed by atoms with E-state index in [1.807, 2.05) is 31.2 Å². The van der Waals surface area contributed by atoms with Gasteiger partial charge < -0.3 is 14.8 Å². The van der Waals surface area contributed by atoms with Crippen molar-refractivity contribution >= 4 is 21.8 Å². The van der Waals surface area contributed by atoms with Crippen molar-refractivity contribution in [1.82, 2.24) is 14.8 Å². The number of hydrogen-bond donors (Lipinski definition) is 2. The summed E-state index contributed by atoms with van der Waals surface area (Å²) in [6.45, 7) is 6.43. The Bertz CT molecular complexity index is 1150. The van der Waals surface area contributed by atoms with E-state index >= 15 is 0 Å². The molecule has 0 bridgehead atoms. The van der Waals surface area contributed by atoms with Gasteiger partial charge >= 0.3 is 0 Å². The molecule has 2 heterocycles. The molecule has 2 atom stereocenters. The van der Waals surface area contributed by atoms with Crippen LogP contribution in [0.15, 0.2) is 72.8 Å². The lowest BCUT2D eigenvalue weighted by atomic mass is 10.1. The smallest absolute Gasteiger partial charge is 0.178 e. The van der Waals surface area contributed by atoms with Crippen LogP contribution in [0.25, 0.3) is 21.8 Å². The summed E-state index contributed by atoms with van der Waals surface area (Å²) in [4.78, 5) is 8.19. The number of para-hydroxylation sites is 1. The highest BCUT2D eigenvalue weighted by Crippen LogP contribution is 2.34. The molecule has 0 spiro atoms. The van der Waals surface area contributed by atoms with Gasteiger partial charge in [0.2, 0.25) is 0 Å². The fourth-order valence-corrected chi connectivity index (χ4v) is 4.59. The maximum absolute atomic E-state index is 10.6. The Morgan fingerprint density at radius 1 is 0.871 bits per heavy atom. The topological polar surface area (TPSA) is 51.7 Å². The first kappa shape index (κ1) is 20.1. The normalized spacial score (nSPS) is 17.7. The van der Waals surface area contributed by atoms with Crippen molar-refractivity contribution in [2.45, 2.75) is 25.8 Å². The average Bonchev–Trinajstić information content (AvgIpc) is 3.18. The zero-order chi connectivity index (χ0) is 21.2. The highest BCUT2D eigenvalue weighted by molar-refractivity contribution is 6.10. The molecule has 0 saturated carbocycles. The fourth-order valence-electron chi connectivity index (χ4n) is 4.59. The molecule has 0 radical (unpaired) electrons. The monoisotopic (exact) mass is 415 g/mol. The van der Waals surface area contributed by atoms with Crippen molar-refractivity contribution in [2.24, 2.45) is 0 Å². The van der Waals surface area contributed by atoms with E-state index in [0.717, 1.165) is 60.3 Å². The van der Waals surface area contributed by atoms with Crippen molar-refractivity contribution in [3.05, 3.63) is 78.4 Å². The Morgan fingerprint density at radius 3 is 2.35 bits per heavy atom. The molecule has 1 aliphatic rings. The Kier molecular flexibility index (Phi) is 5.64. The summed E-state index contributed by atoms with van der Waals surface area (Å²) in [5.41, 5.74) is 3.48. The van der Waals surface area contributed by atoms with Gasteiger partial charge in [-0.15, -0.1) is 0 Å². The summed E-state index contributed by atoms with van der Waals surface area (Å²) >= 11 is 0. The predicted molar refractivity (Wildman–Crippen MR) is 125 cm³/mol. The molecule has 1 fully saturated rings. The first-order chi connectivity index (χ1) is 15.2. The molecule has 5 rings (SSSR count). The largest absolute Gasteiger partial charge is 0.472 e. The first-order valence-electron chi connectivity index (χ1n) is 11.0. The van der Waals surface area contributed by atoms with Crippen molar-refractivity contribution in [1.29, 1.82) is 0 Å². The summed E-state index contributed by atoms with van der Waals surface area (Å²) in [6, 6.07) is 24.9. The van der Waals surface area contributed by atoms with Gasteiger partial charge in [-0.1, -0.05) is 54.6 Å². The summed E-state index contributed by atoms with van der Waals surface area (Å²) in [5, 5.41) is 12.8. The van der Waals surface area contributed by atoms with Crippen molar-refractivity contribution in [3.63, 3.8) is 0 Å². The van der Waals surface area contributed by atoms with Gasteiger partial charge in [0.15, 0.2) is 6.23 Å². The van der Waals surface area contributed by atoms with E-state index in [0.29, 0.717) is 0 Å². The van der Waals surface area contributed by atoms with Crippen LogP contribution in [0.4, 0.5) is 0 Å². The van der Waals surface area contributed by atoms with Gasteiger partial charge in [0.05, 0.1) is 5.52 Å². The minimum absolute atomic E-state index is 0.377. The van der Waals surface area contributed by atoms with E-state index < -0.39 is 6.10 Å². The average molecular weight is 416 g/mol. The Morgan fingerprint density at radius 2 is 1.58 bits per heavy atom. The molecular weight excluding hydrogens is 386 g/mol. The van der Waals surface area contributed by atoms with Crippen LogP contribution in [0.1, 0.15) is 12.5 Å². The number of nitrogens with one attached hydrogen (secondary N) is 1. The van der Waals surface area contributed by atoms with E-state index in [4.69, 9.17) is 4.74 Å². The minimum atomic E-state index is -0.596. The Balaban J connectivity index is 1.33. The zero-order valence-electron chi connectivity index (χ0n) is 17.9. The molecule has 0 aliphatic carbocycles. The number of aromatic nitrogens is 1. The minimum Gasteiger partial charge on any atom is -0.472 e. The standard InChI is InChI=1S/C26H29N3O2/c1-19(30)26(29-16-14-28(15-17-29)18-20-8-3-2-4-9-20)31-24-13-7-12-23-25(24)21-10-5-6-11-22(21)27-23/h2-13,19,26-27,30H,14-18H2,1H3. The number of ether oxygens (including phenoxy) is 1. The molecule has 1 aromatic heterocycles. The third-order valence-corrected chi connectivity index (χ3v) is 6.17. The highest BCUT2D eigenvalue weighted by atomic mass is 16.5. The number of H-pyrrole nitrogens is 1. The van der Waals surface area contributed by atoms with Crippen LogP contribution >= 0.6 is 0 Å². The van der Waals surface area contributed by atoms with Crippen LogP contribution in [0, 0.1) is 0 Å². The molecular formula is C26H29N3O2. The molecule has 1 saturated heterocycles. The van der Waals surface area contributed by atoms with Crippen LogP contribution in [0.2, 0.25) is 0 Å². The Hall–Kier alpha value is -2.86. The summed E-state index contributed by atoms with van der Waals surface area (Å²) in [7, 11) is 0. The van der Waals surface area contributed by atoms with Crippen LogP contribution in [-0.2, 0) is 6.54 Å². The second kappa shape index (κ2) is 8.71. The molecule has 160 valence electrons. The number of piperazine rings is 1. The SMILES string of the molecule is CC(O)C(Oc1cccc2[nH]c3ccccc3c12)N1CCN(Cc2ccccc2)CC1. The predicted octanol–water partition coefficient (Wildman–Crippen LogP) is 4.22. The van der Waals surface area contributed by atoms with E-state index in [1.54, 1.807) is 0 Å². The summed E-state index contributed by atoms with van der Waals surface area (Å²) < 4.78 is 6.49. The molecule has 3 aromatic carbocycles. The van der Waals surface area contributed by atoms with Crippen molar-refractivity contribution < 1.29 is 9.84 Å². The fraction of sp³-hybridized carbons (Fsp3) is 0.308. The number of aliphatic hydroxyl groups excluding tert-OH is 1. The number of nitrogens with zero attached hydrogens (tertiary/aromatic N) is 2. The lowest BCUT2D eigenvalue weighted by Crippen LogP contribution is -2.55. The summed E-state index contributed by atoms with van der Waals surface area (Å²) in [5.74, 6) is 0.813. The lowest BCUT2D eigenvalue weighted by molar-refractivity contribution is -0.0745. The van der Waals surface area contributed by atoms with E-state index in [-0.39, 0.29) is 6.23 Å². The highest BCUT2D eigenvalue weighted by Gasteiger charge is 2.29. The molecule has 5 heteroatoms. The maximum atomic E-state index is 10.6. The second-order valence-corrected chi connectivity index (χ2v) is 8.40. The molecule has 5 nitrogen and oxygen atoms in total. The van der Waals surface area contributed by atoms with E-state index in [2.05, 4.69) is 63.3 Å². The molecule has 0 amide bonds. The van der Waals surface area contributed by atoms with Crippen molar-refractivity contribution in [3.8, 4) is 5.75 Å². The van der Waals surface area contributed by atoms with Crippen LogP contribution in [-0.4, -0.2) is 58.4 Å². The Labute approximate surface area is 182 Å². The third-order valence-electron chi connectivity index (χ3n) is 6.17. The van der Waals surface area contributed by atoms with Crippen LogP contribution in [0.5, 0.6) is 5.75 Å². The van der Waals surface area contributed by atoms with Gasteiger partial charge in [0, 0.05) is 49.0 Å². The molecule has 4 aromatic rings. The number of aliphatic hydroxyl groups is 1. The quantitative estimate of drug-likeness (QED) is 0.495. The molecule has 2 unspecified atom stereocenters. The zero-order valence-corrected chi connectivity index (χ0v) is 17.9. The number of hydrogen-bond acceptors (Lipinski definition) is 4. The number of benzene rings is 3. The lowest BCUT2D eigenvalue weighted by Gasteiger charge is -2.40. The number of aromatic amines is 1. The van der Waals surface area contributed by atoms with Gasteiger partial charge in [0.25, 0.3) is 0 Å². The van der Waals surface area contributed by atoms with Crippen LogP contribution in [0.3, 0.4) is 0 Å². The van der Waals surface area contributed by atoms with E-state index in [9.17, 15) is 5.11 Å². The van der Waals surface area contributed by atoms with Gasteiger partial charge in [-0.25, -0.2) is 0 Å². The van der Waals surface area contributed by atoms with E-state index in [1.165, 1.54) is 5.56 Å². The number of fused-ring (bicyclic) bond motifs is 3. The van der Waals surface area contributed by atoms with Gasteiger partial charge in [-0.3, -0.25) is 9.80 Å². The summed E-state index contributed by atoms with van der Waals surface area (Å²) in [6.07, 6.45) is -0.973. The number of rotatable bonds is 6. The first-order valence-corrected chi connectivity index (χ1v) is 11.0. The third kappa shape index (κ3) is 4.17. The molecule has 31 heavy (non-hydrogen) atoms. The maximum Gasteiger partial charge on any atom is 0.178 e. The molecule has 1 aliphatic heterocycles. The second-order valence-electron chi connectivity index (χ2n) is 8.40. The van der Waals surface area contributed by atoms with Crippen LogP contribution < -0.4 is 4.74 Å². The van der Waals surface area contributed by atoms with Gasteiger partial charge in [-0.2, -0.15) is 0 Å². The van der Waals surface area contributed by atoms with Gasteiger partial charge in [-0.05, 0) is 30.7 Å². The van der Waals surface area contributed by atoms with Crippen molar-refractivity contribution in [2.75, 3.05) is 26.2 Å². The van der Waals surface area contributed by atoms with Gasteiger partial charge in [0.1, 0.15) is 11.9 Å².